The lowest BCUT2D eigenvalue weighted by Crippen LogP contribution is -2.35. The molecule has 1 aromatic heterocycles. The Morgan fingerprint density at radius 3 is 2.50 bits per heavy atom. The summed E-state index contributed by atoms with van der Waals surface area (Å²) in [5.41, 5.74) is 0.569. The number of ether oxygens (including phenoxy) is 2. The van der Waals surface area contributed by atoms with Crippen molar-refractivity contribution >= 4 is 26.7 Å². The summed E-state index contributed by atoms with van der Waals surface area (Å²) < 4.78 is 39.7. The molecule has 0 saturated carbocycles. The topological polar surface area (TPSA) is 93.6 Å². The van der Waals surface area contributed by atoms with Crippen LogP contribution in [-0.2, 0) is 10.0 Å². The minimum atomic E-state index is -3.78. The van der Waals surface area contributed by atoms with E-state index in [1.807, 2.05) is 0 Å². The first-order valence-electron chi connectivity index (χ1n) is 9.72. The number of sulfonamides is 1. The molecule has 0 unspecified atom stereocenters. The minimum Gasteiger partial charge on any atom is -0.493 e. The van der Waals surface area contributed by atoms with Crippen LogP contribution >= 0.6 is 0 Å². The Morgan fingerprint density at radius 1 is 1.07 bits per heavy atom. The van der Waals surface area contributed by atoms with Crippen LogP contribution < -0.4 is 14.2 Å². The van der Waals surface area contributed by atoms with Gasteiger partial charge in [-0.15, -0.1) is 0 Å². The number of nitrogens with zero attached hydrogens (tertiary/aromatic N) is 3. The maximum atomic E-state index is 12.7. The van der Waals surface area contributed by atoms with E-state index < -0.39 is 10.0 Å². The molecule has 0 spiro atoms. The maximum absolute atomic E-state index is 12.7. The molecule has 0 radical (unpaired) electrons. The number of rotatable bonds is 6. The number of hydrogen-bond donors (Lipinski definition) is 1. The second kappa shape index (κ2) is 8.45. The molecular weight excluding hydrogens is 404 g/mol. The molecular formula is C21H24N4O4S. The first-order chi connectivity index (χ1) is 14.5. The van der Waals surface area contributed by atoms with Crippen molar-refractivity contribution in [2.45, 2.75) is 23.8 Å². The van der Waals surface area contributed by atoms with Crippen LogP contribution in [0.2, 0.25) is 0 Å². The van der Waals surface area contributed by atoms with E-state index in [1.165, 1.54) is 18.5 Å². The third-order valence-electron chi connectivity index (χ3n) is 5.16. The van der Waals surface area contributed by atoms with E-state index in [1.54, 1.807) is 37.4 Å². The molecule has 1 fully saturated rings. The van der Waals surface area contributed by atoms with Gasteiger partial charge in [-0.05, 0) is 38.1 Å². The molecule has 2 aromatic carbocycles. The quantitative estimate of drug-likeness (QED) is 0.645. The SMILES string of the molecule is COc1cc2c(NS(=O)(=O)c3ccccc3)ncnc2cc1OC1CCN(C)CC1. The molecule has 0 bridgehead atoms. The van der Waals surface area contributed by atoms with E-state index in [0.717, 1.165) is 25.9 Å². The van der Waals surface area contributed by atoms with Crippen molar-refractivity contribution in [1.82, 2.24) is 14.9 Å². The lowest BCUT2D eigenvalue weighted by atomic mass is 10.1. The second-order valence-electron chi connectivity index (χ2n) is 7.28. The first kappa shape index (κ1) is 20.4. The first-order valence-corrected chi connectivity index (χ1v) is 11.2. The third kappa shape index (κ3) is 4.31. The number of aromatic nitrogens is 2. The predicted octanol–water partition coefficient (Wildman–Crippen LogP) is 2.91. The second-order valence-corrected chi connectivity index (χ2v) is 8.96. The fourth-order valence-electron chi connectivity index (χ4n) is 3.47. The van der Waals surface area contributed by atoms with Crippen molar-refractivity contribution in [3.63, 3.8) is 0 Å². The molecule has 1 aliphatic rings. The average molecular weight is 429 g/mol. The van der Waals surface area contributed by atoms with E-state index in [9.17, 15) is 8.42 Å². The summed E-state index contributed by atoms with van der Waals surface area (Å²) in [6, 6.07) is 11.6. The van der Waals surface area contributed by atoms with Gasteiger partial charge in [-0.25, -0.2) is 18.4 Å². The summed E-state index contributed by atoms with van der Waals surface area (Å²) in [5.74, 6) is 1.29. The highest BCUT2D eigenvalue weighted by molar-refractivity contribution is 7.92. The molecule has 2 heterocycles. The van der Waals surface area contributed by atoms with Gasteiger partial charge in [0.05, 0.1) is 17.5 Å². The zero-order valence-corrected chi connectivity index (χ0v) is 17.7. The summed E-state index contributed by atoms with van der Waals surface area (Å²) in [7, 11) is -0.125. The van der Waals surface area contributed by atoms with Crippen LogP contribution in [0.4, 0.5) is 5.82 Å². The zero-order valence-electron chi connectivity index (χ0n) is 16.9. The van der Waals surface area contributed by atoms with Crippen molar-refractivity contribution in [3.8, 4) is 11.5 Å². The number of benzene rings is 2. The molecule has 4 rings (SSSR count). The summed E-state index contributed by atoms with van der Waals surface area (Å²) in [5, 5.41) is 0.532. The van der Waals surface area contributed by atoms with Gasteiger partial charge in [-0.3, -0.25) is 4.72 Å². The highest BCUT2D eigenvalue weighted by Crippen LogP contribution is 2.36. The molecule has 3 aromatic rings. The zero-order chi connectivity index (χ0) is 21.1. The fourth-order valence-corrected chi connectivity index (χ4v) is 4.52. The van der Waals surface area contributed by atoms with E-state index >= 15 is 0 Å². The van der Waals surface area contributed by atoms with Gasteiger partial charge in [-0.2, -0.15) is 0 Å². The third-order valence-corrected chi connectivity index (χ3v) is 6.52. The van der Waals surface area contributed by atoms with Crippen molar-refractivity contribution in [2.24, 2.45) is 0 Å². The highest BCUT2D eigenvalue weighted by atomic mass is 32.2. The Hall–Kier alpha value is -2.91. The summed E-state index contributed by atoms with van der Waals surface area (Å²) in [6.07, 6.45) is 3.30. The molecule has 1 N–H and O–H groups in total. The molecule has 158 valence electrons. The lowest BCUT2D eigenvalue weighted by Gasteiger charge is -2.29. The summed E-state index contributed by atoms with van der Waals surface area (Å²) in [6.45, 7) is 1.96. The smallest absolute Gasteiger partial charge is 0.263 e. The standard InChI is InChI=1S/C21H24N4O4S/c1-25-10-8-15(9-11-25)29-20-13-18-17(12-19(20)28-2)21(23-14-22-18)24-30(26,27)16-6-4-3-5-7-16/h3-7,12-15H,8-11H2,1-2H3,(H,22,23,24). The minimum absolute atomic E-state index is 0.102. The number of piperidine rings is 1. The summed E-state index contributed by atoms with van der Waals surface area (Å²) >= 11 is 0. The fraction of sp³-hybridized carbons (Fsp3) is 0.333. The van der Waals surface area contributed by atoms with E-state index in [2.05, 4.69) is 26.6 Å². The molecule has 9 heteroatoms. The Morgan fingerprint density at radius 2 is 1.80 bits per heavy atom. The molecule has 8 nitrogen and oxygen atoms in total. The average Bonchev–Trinajstić information content (AvgIpc) is 2.75. The normalized spacial score (nSPS) is 15.8. The van der Waals surface area contributed by atoms with Crippen LogP contribution in [0.15, 0.2) is 53.7 Å². The van der Waals surface area contributed by atoms with Crippen LogP contribution in [0.1, 0.15) is 12.8 Å². The number of anilines is 1. The van der Waals surface area contributed by atoms with E-state index in [-0.39, 0.29) is 16.8 Å². The number of nitrogens with one attached hydrogen (secondary N) is 1. The van der Waals surface area contributed by atoms with Gasteiger partial charge >= 0.3 is 0 Å². The number of likely N-dealkylation sites (tertiary alicyclic amines) is 1. The van der Waals surface area contributed by atoms with Crippen LogP contribution in [0.25, 0.3) is 10.9 Å². The van der Waals surface area contributed by atoms with Crippen LogP contribution in [0.5, 0.6) is 11.5 Å². The molecule has 1 aliphatic heterocycles. The van der Waals surface area contributed by atoms with Crippen molar-refractivity contribution in [3.05, 3.63) is 48.8 Å². The summed E-state index contributed by atoms with van der Waals surface area (Å²) in [4.78, 5) is 10.9. The van der Waals surface area contributed by atoms with Crippen molar-refractivity contribution in [2.75, 3.05) is 32.0 Å². The number of methoxy groups -OCH3 is 1. The van der Waals surface area contributed by atoms with Gasteiger partial charge in [0.1, 0.15) is 12.4 Å². The highest BCUT2D eigenvalue weighted by Gasteiger charge is 2.22. The Balaban J connectivity index is 1.66. The molecule has 1 saturated heterocycles. The number of hydrogen-bond acceptors (Lipinski definition) is 7. The Bertz CT molecular complexity index is 1130. The molecule has 0 atom stereocenters. The van der Waals surface area contributed by atoms with Gasteiger partial charge in [-0.1, -0.05) is 18.2 Å². The van der Waals surface area contributed by atoms with Gasteiger partial charge < -0.3 is 14.4 Å². The molecule has 30 heavy (non-hydrogen) atoms. The van der Waals surface area contributed by atoms with Crippen LogP contribution in [-0.4, -0.2) is 56.6 Å². The van der Waals surface area contributed by atoms with Gasteiger partial charge in [0.15, 0.2) is 17.3 Å². The monoisotopic (exact) mass is 428 g/mol. The lowest BCUT2D eigenvalue weighted by molar-refractivity contribution is 0.111. The number of fused-ring (bicyclic) bond motifs is 1. The predicted molar refractivity (Wildman–Crippen MR) is 114 cm³/mol. The van der Waals surface area contributed by atoms with Gasteiger partial charge in [0, 0.05) is 24.5 Å². The Kier molecular flexibility index (Phi) is 5.74. The van der Waals surface area contributed by atoms with Crippen LogP contribution in [0, 0.1) is 0 Å². The molecule has 0 amide bonds. The van der Waals surface area contributed by atoms with Gasteiger partial charge in [0.2, 0.25) is 0 Å². The van der Waals surface area contributed by atoms with E-state index in [0.29, 0.717) is 22.4 Å². The Labute approximate surface area is 175 Å². The van der Waals surface area contributed by atoms with E-state index in [4.69, 9.17) is 9.47 Å². The molecule has 0 aliphatic carbocycles. The van der Waals surface area contributed by atoms with Crippen LogP contribution in [0.3, 0.4) is 0 Å². The van der Waals surface area contributed by atoms with Crippen molar-refractivity contribution < 1.29 is 17.9 Å². The largest absolute Gasteiger partial charge is 0.493 e. The van der Waals surface area contributed by atoms with Crippen molar-refractivity contribution in [1.29, 1.82) is 0 Å². The maximum Gasteiger partial charge on any atom is 0.263 e. The van der Waals surface area contributed by atoms with Gasteiger partial charge in [0.25, 0.3) is 10.0 Å².